The Morgan fingerprint density at radius 2 is 2.15 bits per heavy atom. The molecule has 5 heteroatoms. The zero-order valence-corrected chi connectivity index (χ0v) is 13.8. The largest absolute Gasteiger partial charge is 0.348 e. The Kier molecular flexibility index (Phi) is 6.07. The molecular formula is C15H24BrN3O. The molecule has 0 N–H and O–H groups in total. The molecule has 0 aromatic carbocycles. The molecule has 1 aliphatic rings. The molecule has 1 saturated carbocycles. The molecule has 0 amide bonds. The van der Waals surface area contributed by atoms with Gasteiger partial charge in [0.05, 0.1) is 0 Å². The van der Waals surface area contributed by atoms with Gasteiger partial charge in [0, 0.05) is 36.9 Å². The topological polar surface area (TPSA) is 38.1 Å². The van der Waals surface area contributed by atoms with Crippen molar-refractivity contribution < 1.29 is 0 Å². The Bertz CT molecular complexity index is 468. The predicted molar refractivity (Wildman–Crippen MR) is 86.8 cm³/mol. The quantitative estimate of drug-likeness (QED) is 0.745. The molecule has 2 rings (SSSR count). The molecule has 0 unspecified atom stereocenters. The third-order valence-electron chi connectivity index (χ3n) is 3.97. The van der Waals surface area contributed by atoms with Gasteiger partial charge >= 0.3 is 0 Å². The highest BCUT2D eigenvalue weighted by Crippen LogP contribution is 2.24. The minimum absolute atomic E-state index is 0.0564. The standard InChI is InChI=1S/C15H24BrN3O/c1-2-10-18-12-9-17-14(15(18)20)19(11-8-16)13-6-4-3-5-7-13/h9,12-13H,2-8,10-11H2,1H3. The maximum Gasteiger partial charge on any atom is 0.293 e. The van der Waals surface area contributed by atoms with Crippen LogP contribution < -0.4 is 10.5 Å². The molecular weight excluding hydrogens is 318 g/mol. The van der Waals surface area contributed by atoms with Crippen molar-refractivity contribution in [3.05, 3.63) is 22.7 Å². The highest BCUT2D eigenvalue weighted by Gasteiger charge is 2.24. The van der Waals surface area contributed by atoms with E-state index in [4.69, 9.17) is 0 Å². The van der Waals surface area contributed by atoms with E-state index in [1.807, 2.05) is 0 Å². The molecule has 0 radical (unpaired) electrons. The molecule has 0 saturated heterocycles. The highest BCUT2D eigenvalue weighted by molar-refractivity contribution is 9.09. The molecule has 1 heterocycles. The Labute approximate surface area is 129 Å². The Morgan fingerprint density at radius 3 is 2.80 bits per heavy atom. The highest BCUT2D eigenvalue weighted by atomic mass is 79.9. The van der Waals surface area contributed by atoms with Gasteiger partial charge in [0.2, 0.25) is 0 Å². The van der Waals surface area contributed by atoms with E-state index in [2.05, 4.69) is 32.7 Å². The van der Waals surface area contributed by atoms with Crippen molar-refractivity contribution in [2.24, 2.45) is 0 Å². The van der Waals surface area contributed by atoms with E-state index in [1.165, 1.54) is 32.1 Å². The van der Waals surface area contributed by atoms with Crippen molar-refractivity contribution >= 4 is 21.7 Å². The number of hydrogen-bond acceptors (Lipinski definition) is 3. The van der Waals surface area contributed by atoms with E-state index >= 15 is 0 Å². The summed E-state index contributed by atoms with van der Waals surface area (Å²) in [6.07, 6.45) is 10.7. The molecule has 1 aliphatic carbocycles. The SMILES string of the molecule is CCCn1ccnc(N(CCBr)C2CCCCC2)c1=O. The van der Waals surface area contributed by atoms with Crippen LogP contribution >= 0.6 is 15.9 Å². The molecule has 1 aromatic rings. The van der Waals surface area contributed by atoms with Gasteiger partial charge in [0.25, 0.3) is 5.56 Å². The molecule has 0 aliphatic heterocycles. The van der Waals surface area contributed by atoms with Gasteiger partial charge in [0.15, 0.2) is 5.82 Å². The third kappa shape index (κ3) is 3.62. The number of anilines is 1. The van der Waals surface area contributed by atoms with Crippen LogP contribution in [0, 0.1) is 0 Å². The van der Waals surface area contributed by atoms with Crippen LogP contribution in [0.15, 0.2) is 17.2 Å². The minimum atomic E-state index is 0.0564. The summed E-state index contributed by atoms with van der Waals surface area (Å²) in [5.74, 6) is 0.632. The zero-order chi connectivity index (χ0) is 14.4. The predicted octanol–water partition coefficient (Wildman–Crippen LogP) is 3.19. The van der Waals surface area contributed by atoms with Gasteiger partial charge < -0.3 is 9.47 Å². The van der Waals surface area contributed by atoms with Gasteiger partial charge in [-0.3, -0.25) is 4.79 Å². The Morgan fingerprint density at radius 1 is 1.40 bits per heavy atom. The summed E-state index contributed by atoms with van der Waals surface area (Å²) in [4.78, 5) is 19.2. The van der Waals surface area contributed by atoms with Crippen molar-refractivity contribution in [2.75, 3.05) is 16.8 Å². The second kappa shape index (κ2) is 7.81. The van der Waals surface area contributed by atoms with Crippen LogP contribution in [-0.4, -0.2) is 27.5 Å². The smallest absolute Gasteiger partial charge is 0.293 e. The maximum absolute atomic E-state index is 12.6. The molecule has 20 heavy (non-hydrogen) atoms. The lowest BCUT2D eigenvalue weighted by molar-refractivity contribution is 0.415. The van der Waals surface area contributed by atoms with Crippen LogP contribution in [-0.2, 0) is 6.54 Å². The number of halogens is 1. The van der Waals surface area contributed by atoms with Crippen molar-refractivity contribution in [1.82, 2.24) is 9.55 Å². The summed E-state index contributed by atoms with van der Waals surface area (Å²) >= 11 is 3.51. The number of nitrogens with zero attached hydrogens (tertiary/aromatic N) is 3. The monoisotopic (exact) mass is 341 g/mol. The van der Waals surface area contributed by atoms with E-state index in [0.29, 0.717) is 11.9 Å². The van der Waals surface area contributed by atoms with Crippen LogP contribution in [0.3, 0.4) is 0 Å². The van der Waals surface area contributed by atoms with E-state index in [9.17, 15) is 4.79 Å². The maximum atomic E-state index is 12.6. The van der Waals surface area contributed by atoms with Crippen LogP contribution in [0.2, 0.25) is 0 Å². The van der Waals surface area contributed by atoms with Gasteiger partial charge in [-0.15, -0.1) is 0 Å². The summed E-state index contributed by atoms with van der Waals surface area (Å²) in [7, 11) is 0. The van der Waals surface area contributed by atoms with Gasteiger partial charge in [-0.25, -0.2) is 4.98 Å². The fourth-order valence-corrected chi connectivity index (χ4v) is 3.38. The van der Waals surface area contributed by atoms with Crippen molar-refractivity contribution in [3.8, 4) is 0 Å². The first kappa shape index (κ1) is 15.5. The lowest BCUT2D eigenvalue weighted by Gasteiger charge is -2.34. The van der Waals surface area contributed by atoms with Crippen molar-refractivity contribution in [3.63, 3.8) is 0 Å². The fraction of sp³-hybridized carbons (Fsp3) is 0.733. The number of aromatic nitrogens is 2. The summed E-state index contributed by atoms with van der Waals surface area (Å²) < 4.78 is 1.78. The molecule has 4 nitrogen and oxygen atoms in total. The van der Waals surface area contributed by atoms with Crippen molar-refractivity contribution in [2.45, 2.75) is 58.0 Å². The summed E-state index contributed by atoms with van der Waals surface area (Å²) in [6, 6.07) is 0.471. The first-order valence-corrected chi connectivity index (χ1v) is 8.78. The zero-order valence-electron chi connectivity index (χ0n) is 12.2. The molecule has 0 bridgehead atoms. The van der Waals surface area contributed by atoms with Crippen LogP contribution in [0.1, 0.15) is 45.4 Å². The second-order valence-electron chi connectivity index (χ2n) is 5.42. The first-order chi connectivity index (χ1) is 9.77. The lowest BCUT2D eigenvalue weighted by atomic mass is 9.94. The van der Waals surface area contributed by atoms with E-state index in [-0.39, 0.29) is 5.56 Å². The number of rotatable bonds is 6. The van der Waals surface area contributed by atoms with Gasteiger partial charge in [-0.05, 0) is 19.3 Å². The number of aryl methyl sites for hydroxylation is 1. The first-order valence-electron chi connectivity index (χ1n) is 7.66. The molecule has 112 valence electrons. The van der Waals surface area contributed by atoms with E-state index < -0.39 is 0 Å². The third-order valence-corrected chi connectivity index (χ3v) is 4.33. The van der Waals surface area contributed by atoms with Gasteiger partial charge in [-0.1, -0.05) is 42.1 Å². The minimum Gasteiger partial charge on any atom is -0.348 e. The second-order valence-corrected chi connectivity index (χ2v) is 6.22. The molecule has 0 atom stereocenters. The summed E-state index contributed by atoms with van der Waals surface area (Å²) in [5.41, 5.74) is 0.0564. The van der Waals surface area contributed by atoms with Crippen LogP contribution in [0.4, 0.5) is 5.82 Å². The normalized spacial score (nSPS) is 16.3. The fourth-order valence-electron chi connectivity index (χ4n) is 2.99. The molecule has 0 spiro atoms. The average molecular weight is 342 g/mol. The van der Waals surface area contributed by atoms with Crippen LogP contribution in [0.25, 0.3) is 0 Å². The molecule has 1 aromatic heterocycles. The Hall–Kier alpha value is -0.840. The molecule has 1 fully saturated rings. The number of hydrogen-bond donors (Lipinski definition) is 0. The average Bonchev–Trinajstić information content (AvgIpc) is 2.49. The van der Waals surface area contributed by atoms with Gasteiger partial charge in [0.1, 0.15) is 0 Å². The van der Waals surface area contributed by atoms with Crippen LogP contribution in [0.5, 0.6) is 0 Å². The van der Waals surface area contributed by atoms with E-state index in [0.717, 1.165) is 24.8 Å². The summed E-state index contributed by atoms with van der Waals surface area (Å²) in [5, 5.41) is 0.868. The number of alkyl halides is 1. The van der Waals surface area contributed by atoms with Gasteiger partial charge in [-0.2, -0.15) is 0 Å². The van der Waals surface area contributed by atoms with E-state index in [1.54, 1.807) is 17.0 Å². The van der Waals surface area contributed by atoms with Crippen molar-refractivity contribution in [1.29, 1.82) is 0 Å². The summed E-state index contributed by atoms with van der Waals surface area (Å²) in [6.45, 7) is 3.70. The lowest BCUT2D eigenvalue weighted by Crippen LogP contribution is -2.42. The Balaban J connectivity index is 2.28.